The quantitative estimate of drug-likeness (QED) is 0.341. The first-order valence-corrected chi connectivity index (χ1v) is 8.90. The smallest absolute Gasteiger partial charge is 0.338 e. The van der Waals surface area contributed by atoms with E-state index < -0.39 is 47.5 Å². The van der Waals surface area contributed by atoms with Crippen molar-refractivity contribution in [2.75, 3.05) is 0 Å². The van der Waals surface area contributed by atoms with Crippen molar-refractivity contribution < 1.29 is 48.5 Å². The van der Waals surface area contributed by atoms with Crippen LogP contribution in [0.3, 0.4) is 0 Å². The zero-order valence-electron chi connectivity index (χ0n) is 15.3. The lowest BCUT2D eigenvalue weighted by atomic mass is 9.58. The highest BCUT2D eigenvalue weighted by atomic mass is 16.6. The fourth-order valence-corrected chi connectivity index (χ4v) is 3.73. The molecule has 0 spiro atoms. The first kappa shape index (κ1) is 23.5. The molecule has 0 aromatic heterocycles. The fraction of sp³-hybridized carbons (Fsp3) is 0.333. The third-order valence-corrected chi connectivity index (χ3v) is 5.08. The third-order valence-electron chi connectivity index (χ3n) is 5.08. The van der Waals surface area contributed by atoms with Crippen LogP contribution in [0.15, 0.2) is 36.4 Å². The normalized spacial score (nSPS) is 27.2. The van der Waals surface area contributed by atoms with E-state index in [0.717, 1.165) is 12.2 Å². The van der Waals surface area contributed by atoms with Gasteiger partial charge in [-0.2, -0.15) is 0 Å². The Labute approximate surface area is 176 Å². The number of phenolic OH excluding ortho intramolecular Hbond substituents is 2. The van der Waals surface area contributed by atoms with Crippen LogP contribution in [0.25, 0.3) is 0 Å². The van der Waals surface area contributed by atoms with Gasteiger partial charge in [0.05, 0.1) is 11.8 Å². The second-order valence-electron chi connectivity index (χ2n) is 6.94. The second-order valence-corrected chi connectivity index (χ2v) is 6.94. The standard InChI is InChI=1S/C10H8O5.C6H6O2.C4H2O3.CH4/c11-5-1-3-6(12)2-4(5)8-7(3)9(13)15-10(8)14;7-5-1-2-6(8)4-3-5;5-3-1-2-4(6)7-3;/h3-4,7-8H,1-2H2;1-4,7-8H;1-2H;1H4. The van der Waals surface area contributed by atoms with E-state index in [2.05, 4.69) is 9.47 Å². The molecule has 1 aromatic carbocycles. The summed E-state index contributed by atoms with van der Waals surface area (Å²) in [6, 6.07) is 5.70. The van der Waals surface area contributed by atoms with Gasteiger partial charge in [0.1, 0.15) is 23.1 Å². The van der Waals surface area contributed by atoms with Crippen molar-refractivity contribution in [3.05, 3.63) is 36.4 Å². The summed E-state index contributed by atoms with van der Waals surface area (Å²) in [4.78, 5) is 65.6. The molecule has 31 heavy (non-hydrogen) atoms. The Morgan fingerprint density at radius 1 is 0.645 bits per heavy atom. The van der Waals surface area contributed by atoms with Crippen LogP contribution < -0.4 is 0 Å². The number of carbonyl (C=O) groups is 6. The minimum absolute atomic E-state index is 0. The SMILES string of the molecule is C.O=C1C=CC(=O)O1.O=C1CC2C(=O)CC1C1C(=O)OC(=O)C21.Oc1ccc(O)cc1. The predicted octanol–water partition coefficient (Wildman–Crippen LogP) is 0.840. The summed E-state index contributed by atoms with van der Waals surface area (Å²) in [6.07, 6.45) is 2.38. The van der Waals surface area contributed by atoms with E-state index in [1.165, 1.54) is 24.3 Å². The van der Waals surface area contributed by atoms with E-state index in [1.54, 1.807) is 0 Å². The first-order chi connectivity index (χ1) is 14.2. The number of phenols is 2. The number of ether oxygens (including phenoxy) is 2. The van der Waals surface area contributed by atoms with Gasteiger partial charge in [0.2, 0.25) is 0 Å². The molecular formula is C21H20O10. The van der Waals surface area contributed by atoms with Gasteiger partial charge in [0.15, 0.2) is 0 Å². The lowest BCUT2D eigenvalue weighted by molar-refractivity contribution is -0.155. The number of hydrogen-bond acceptors (Lipinski definition) is 10. The monoisotopic (exact) mass is 432 g/mol. The first-order valence-electron chi connectivity index (χ1n) is 8.90. The summed E-state index contributed by atoms with van der Waals surface area (Å²) in [7, 11) is 0. The number of fused-ring (bicyclic) bond motifs is 2. The lowest BCUT2D eigenvalue weighted by Crippen LogP contribution is -2.51. The van der Waals surface area contributed by atoms with Crippen molar-refractivity contribution in [1.29, 1.82) is 0 Å². The van der Waals surface area contributed by atoms with Gasteiger partial charge in [-0.3, -0.25) is 19.2 Å². The average molecular weight is 432 g/mol. The maximum atomic E-state index is 11.5. The summed E-state index contributed by atoms with van der Waals surface area (Å²) in [6.45, 7) is 0. The molecule has 0 radical (unpaired) electrons. The topological polar surface area (TPSA) is 161 Å². The Morgan fingerprint density at radius 2 is 1.00 bits per heavy atom. The van der Waals surface area contributed by atoms with E-state index in [-0.39, 0.29) is 43.3 Å². The molecule has 3 aliphatic carbocycles. The van der Waals surface area contributed by atoms with Crippen molar-refractivity contribution >= 4 is 35.4 Å². The number of carbonyl (C=O) groups excluding carboxylic acids is 6. The second kappa shape index (κ2) is 9.33. The van der Waals surface area contributed by atoms with Gasteiger partial charge >= 0.3 is 23.9 Å². The number of cyclic esters (lactones) is 4. The highest BCUT2D eigenvalue weighted by Crippen LogP contribution is 2.49. The molecule has 4 fully saturated rings. The number of rotatable bonds is 0. The fourth-order valence-electron chi connectivity index (χ4n) is 3.73. The average Bonchev–Trinajstić information content (AvgIpc) is 3.22. The minimum Gasteiger partial charge on any atom is -0.508 e. The molecule has 164 valence electrons. The van der Waals surface area contributed by atoms with Crippen LogP contribution in [0.1, 0.15) is 20.3 Å². The van der Waals surface area contributed by atoms with E-state index in [1.807, 2.05) is 0 Å². The number of benzene rings is 1. The Balaban J connectivity index is 0.000000182. The number of hydrogen-bond donors (Lipinski definition) is 2. The molecule has 10 nitrogen and oxygen atoms in total. The van der Waals surface area contributed by atoms with E-state index >= 15 is 0 Å². The van der Waals surface area contributed by atoms with Crippen molar-refractivity contribution in [2.45, 2.75) is 20.3 Å². The van der Waals surface area contributed by atoms with Crippen LogP contribution in [-0.4, -0.2) is 45.7 Å². The number of aromatic hydroxyl groups is 2. The maximum absolute atomic E-state index is 11.5. The van der Waals surface area contributed by atoms with Gasteiger partial charge in [0.25, 0.3) is 0 Å². The molecule has 4 atom stereocenters. The van der Waals surface area contributed by atoms with Crippen LogP contribution in [-0.2, 0) is 38.2 Å². The molecule has 0 amide bonds. The van der Waals surface area contributed by atoms with Crippen molar-refractivity contribution in [3.63, 3.8) is 0 Å². The van der Waals surface area contributed by atoms with Crippen LogP contribution >= 0.6 is 0 Å². The predicted molar refractivity (Wildman–Crippen MR) is 101 cm³/mol. The molecule has 2 heterocycles. The van der Waals surface area contributed by atoms with Crippen LogP contribution in [0.2, 0.25) is 0 Å². The zero-order valence-corrected chi connectivity index (χ0v) is 15.3. The van der Waals surface area contributed by atoms with E-state index in [9.17, 15) is 28.8 Å². The summed E-state index contributed by atoms with van der Waals surface area (Å²) >= 11 is 0. The Bertz CT molecular complexity index is 884. The van der Waals surface area contributed by atoms with Crippen LogP contribution in [0.4, 0.5) is 0 Å². The molecule has 1 saturated heterocycles. The highest BCUT2D eigenvalue weighted by molar-refractivity contribution is 6.09. The molecule has 6 rings (SSSR count). The third kappa shape index (κ3) is 5.03. The van der Waals surface area contributed by atoms with E-state index in [4.69, 9.17) is 10.2 Å². The molecule has 1 aromatic rings. The van der Waals surface area contributed by atoms with Crippen LogP contribution in [0.5, 0.6) is 11.5 Å². The van der Waals surface area contributed by atoms with Gasteiger partial charge in [-0.15, -0.1) is 0 Å². The highest BCUT2D eigenvalue weighted by Gasteiger charge is 2.62. The lowest BCUT2D eigenvalue weighted by Gasteiger charge is -2.39. The van der Waals surface area contributed by atoms with E-state index in [0.29, 0.717) is 0 Å². The zero-order chi connectivity index (χ0) is 22.0. The van der Waals surface area contributed by atoms with Gasteiger partial charge in [-0.1, -0.05) is 7.43 Å². The molecule has 2 aliphatic heterocycles. The minimum atomic E-state index is -0.679. The van der Waals surface area contributed by atoms with Crippen molar-refractivity contribution in [1.82, 2.24) is 0 Å². The summed E-state index contributed by atoms with van der Waals surface area (Å²) in [5.41, 5.74) is 0. The summed E-state index contributed by atoms with van der Waals surface area (Å²) < 4.78 is 8.48. The largest absolute Gasteiger partial charge is 0.508 e. The van der Waals surface area contributed by atoms with Gasteiger partial charge in [0, 0.05) is 36.8 Å². The molecule has 4 unspecified atom stereocenters. The van der Waals surface area contributed by atoms with Gasteiger partial charge in [-0.25, -0.2) is 9.59 Å². The van der Waals surface area contributed by atoms with Gasteiger partial charge in [-0.05, 0) is 24.3 Å². The molecule has 5 aliphatic rings. The number of ketones is 2. The van der Waals surface area contributed by atoms with Crippen LogP contribution in [0, 0.1) is 23.7 Å². The maximum Gasteiger partial charge on any atom is 0.338 e. The molecule has 3 saturated carbocycles. The van der Waals surface area contributed by atoms with Crippen molar-refractivity contribution in [2.24, 2.45) is 23.7 Å². The Kier molecular flexibility index (Phi) is 7.06. The number of esters is 4. The molecule has 2 bridgehead atoms. The summed E-state index contributed by atoms with van der Waals surface area (Å²) in [5, 5.41) is 17.3. The molecular weight excluding hydrogens is 412 g/mol. The molecule has 10 heteroatoms. The number of Topliss-reactive ketones (excluding diaryl/α,β-unsaturated/α-hetero) is 2. The Hall–Kier alpha value is -3.82. The van der Waals surface area contributed by atoms with Crippen molar-refractivity contribution in [3.8, 4) is 11.5 Å². The summed E-state index contributed by atoms with van der Waals surface area (Å²) in [5.74, 6) is -4.79. The Morgan fingerprint density at radius 3 is 1.29 bits per heavy atom. The molecule has 2 N–H and O–H groups in total. The van der Waals surface area contributed by atoms with Gasteiger partial charge < -0.3 is 19.7 Å².